The van der Waals surface area contributed by atoms with E-state index in [0.29, 0.717) is 33.6 Å². The van der Waals surface area contributed by atoms with E-state index >= 15 is 0 Å². The lowest BCUT2D eigenvalue weighted by atomic mass is 9.95. The molecule has 2 aromatic heterocycles. The normalized spacial score (nSPS) is 11.6. The highest BCUT2D eigenvalue weighted by atomic mass is 35.5. The highest BCUT2D eigenvalue weighted by Gasteiger charge is 2.37. The number of benzene rings is 3. The molecule has 0 spiro atoms. The number of pyridine rings is 1. The first-order valence-electron chi connectivity index (χ1n) is 10.7. The molecule has 0 radical (unpaired) electrons. The molecule has 3 aromatic carbocycles. The van der Waals surface area contributed by atoms with Crippen LogP contribution < -0.4 is 0 Å². The van der Waals surface area contributed by atoms with Crippen LogP contribution in [0.15, 0.2) is 91.1 Å². The number of alkyl halides is 3. The summed E-state index contributed by atoms with van der Waals surface area (Å²) in [6.45, 7) is 0. The van der Waals surface area contributed by atoms with Crippen LogP contribution in [0.2, 0.25) is 5.02 Å². The third-order valence-electron chi connectivity index (χ3n) is 5.57. The Bertz CT molecular complexity index is 1530. The zero-order valence-corrected chi connectivity index (χ0v) is 19.2. The third kappa shape index (κ3) is 4.38. The summed E-state index contributed by atoms with van der Waals surface area (Å²) in [7, 11) is 0. The minimum atomic E-state index is -4.75. The van der Waals surface area contributed by atoms with E-state index in [-0.39, 0.29) is 16.5 Å². The van der Waals surface area contributed by atoms with Gasteiger partial charge in [-0.3, -0.25) is 0 Å². The van der Waals surface area contributed by atoms with Gasteiger partial charge in [-0.05, 0) is 60.2 Å². The summed E-state index contributed by atoms with van der Waals surface area (Å²) in [5.41, 5.74) is 2.02. The quantitative estimate of drug-likeness (QED) is 0.267. The molecule has 0 aliphatic carbocycles. The lowest BCUT2D eigenvalue weighted by Crippen LogP contribution is -2.14. The van der Waals surface area contributed by atoms with Crippen molar-refractivity contribution in [3.05, 3.63) is 102 Å². The van der Waals surface area contributed by atoms with Crippen LogP contribution in [-0.2, 0) is 6.18 Å². The lowest BCUT2D eigenvalue weighted by Gasteiger charge is -2.15. The van der Waals surface area contributed by atoms with E-state index in [0.717, 1.165) is 16.9 Å². The molecule has 2 N–H and O–H groups in total. The van der Waals surface area contributed by atoms with Crippen molar-refractivity contribution in [1.29, 1.82) is 0 Å². The van der Waals surface area contributed by atoms with Gasteiger partial charge in [0.05, 0.1) is 10.7 Å². The number of hydrogen-bond acceptors (Lipinski definition) is 4. The van der Waals surface area contributed by atoms with Gasteiger partial charge < -0.3 is 10.2 Å². The number of aromatic nitrogens is 3. The zero-order chi connectivity index (χ0) is 25.4. The summed E-state index contributed by atoms with van der Waals surface area (Å²) in [6, 6.07) is 22.2. The maximum absolute atomic E-state index is 14.1. The van der Waals surface area contributed by atoms with Gasteiger partial charge in [-0.2, -0.15) is 18.3 Å². The van der Waals surface area contributed by atoms with Crippen LogP contribution in [0.5, 0.6) is 11.5 Å². The van der Waals surface area contributed by atoms with E-state index in [4.69, 9.17) is 11.6 Å². The summed E-state index contributed by atoms with van der Waals surface area (Å²) >= 11 is 5.88. The van der Waals surface area contributed by atoms with Gasteiger partial charge in [0, 0.05) is 22.9 Å². The molecule has 0 aliphatic rings. The van der Waals surface area contributed by atoms with Crippen molar-refractivity contribution in [2.45, 2.75) is 6.18 Å². The predicted octanol–water partition coefficient (Wildman–Crippen LogP) is 7.35. The molecule has 2 heterocycles. The molecule has 0 aliphatic heterocycles. The van der Waals surface area contributed by atoms with Crippen molar-refractivity contribution in [3.8, 4) is 51.0 Å². The fourth-order valence-corrected chi connectivity index (χ4v) is 4.12. The second-order valence-corrected chi connectivity index (χ2v) is 8.40. The van der Waals surface area contributed by atoms with Crippen LogP contribution in [0.1, 0.15) is 5.56 Å². The van der Waals surface area contributed by atoms with Gasteiger partial charge in [0.1, 0.15) is 22.8 Å². The van der Waals surface area contributed by atoms with E-state index in [1.54, 1.807) is 24.3 Å². The molecule has 0 amide bonds. The van der Waals surface area contributed by atoms with Crippen LogP contribution in [0.25, 0.3) is 39.5 Å². The first kappa shape index (κ1) is 23.4. The van der Waals surface area contributed by atoms with Crippen LogP contribution in [0, 0.1) is 0 Å². The Kier molecular flexibility index (Phi) is 5.89. The molecule has 0 saturated carbocycles. The van der Waals surface area contributed by atoms with E-state index in [1.165, 1.54) is 24.3 Å². The fraction of sp³-hybridized carbons (Fsp3) is 0.0370. The Hall–Kier alpha value is -4.30. The topological polar surface area (TPSA) is 71.2 Å². The van der Waals surface area contributed by atoms with Gasteiger partial charge in [0.2, 0.25) is 0 Å². The van der Waals surface area contributed by atoms with Crippen LogP contribution in [0.3, 0.4) is 0 Å². The largest absolute Gasteiger partial charge is 0.508 e. The maximum Gasteiger partial charge on any atom is 0.420 e. The van der Waals surface area contributed by atoms with Crippen molar-refractivity contribution in [3.63, 3.8) is 0 Å². The summed E-state index contributed by atoms with van der Waals surface area (Å²) in [6.07, 6.45) is -3.62. The first-order valence-corrected chi connectivity index (χ1v) is 11.1. The molecule has 9 heteroatoms. The Balaban J connectivity index is 1.92. The molecular formula is C27H17ClF3N3O2. The highest BCUT2D eigenvalue weighted by molar-refractivity contribution is 6.30. The summed E-state index contributed by atoms with van der Waals surface area (Å²) in [5, 5.41) is 24.1. The van der Waals surface area contributed by atoms with Crippen molar-refractivity contribution in [2.24, 2.45) is 0 Å². The molecule has 5 nitrogen and oxygen atoms in total. The Morgan fingerprint density at radius 3 is 1.92 bits per heavy atom. The van der Waals surface area contributed by atoms with Crippen molar-refractivity contribution >= 4 is 11.6 Å². The van der Waals surface area contributed by atoms with Gasteiger partial charge >= 0.3 is 6.18 Å². The second kappa shape index (κ2) is 9.05. The van der Waals surface area contributed by atoms with E-state index in [1.807, 2.05) is 30.3 Å². The van der Waals surface area contributed by atoms with E-state index in [2.05, 4.69) is 10.1 Å². The minimum absolute atomic E-state index is 0.00503. The second-order valence-electron chi connectivity index (χ2n) is 7.97. The number of hydrogen-bond donors (Lipinski definition) is 2. The van der Waals surface area contributed by atoms with Gasteiger partial charge in [0.25, 0.3) is 0 Å². The average Bonchev–Trinajstić information content (AvgIpc) is 3.25. The SMILES string of the molecule is Oc1ccc(-c2nn(-c3ncc(Cl)cc3C(F)(F)F)c(-c3ccc(O)cc3)c2-c2ccccc2)cc1. The van der Waals surface area contributed by atoms with E-state index in [9.17, 15) is 23.4 Å². The van der Waals surface area contributed by atoms with E-state index < -0.39 is 17.6 Å². The molecular weight excluding hydrogens is 491 g/mol. The molecule has 0 fully saturated rings. The van der Waals surface area contributed by atoms with Gasteiger partial charge in [0.15, 0.2) is 5.82 Å². The number of halogens is 4. The van der Waals surface area contributed by atoms with Gasteiger partial charge in [-0.25, -0.2) is 9.67 Å². The zero-order valence-electron chi connectivity index (χ0n) is 18.4. The smallest absolute Gasteiger partial charge is 0.420 e. The number of phenolic OH excluding ortho intramolecular Hbond substituents is 2. The number of aromatic hydroxyl groups is 2. The van der Waals surface area contributed by atoms with Crippen LogP contribution in [0.4, 0.5) is 13.2 Å². The minimum Gasteiger partial charge on any atom is -0.508 e. The fourth-order valence-electron chi connectivity index (χ4n) is 3.97. The van der Waals surface area contributed by atoms with Crippen molar-refractivity contribution < 1.29 is 23.4 Å². The third-order valence-corrected chi connectivity index (χ3v) is 5.78. The van der Waals surface area contributed by atoms with Crippen molar-refractivity contribution in [2.75, 3.05) is 0 Å². The average molecular weight is 508 g/mol. The number of rotatable bonds is 4. The highest BCUT2D eigenvalue weighted by Crippen LogP contribution is 2.43. The molecule has 0 saturated heterocycles. The molecule has 0 bridgehead atoms. The van der Waals surface area contributed by atoms with Gasteiger partial charge in [-0.1, -0.05) is 41.9 Å². The number of nitrogens with zero attached hydrogens (tertiary/aromatic N) is 3. The lowest BCUT2D eigenvalue weighted by molar-refractivity contribution is -0.137. The number of phenols is 2. The molecule has 0 atom stereocenters. The predicted molar refractivity (Wildman–Crippen MR) is 131 cm³/mol. The molecule has 5 rings (SSSR count). The molecule has 180 valence electrons. The van der Waals surface area contributed by atoms with Crippen LogP contribution >= 0.6 is 11.6 Å². The summed E-state index contributed by atoms with van der Waals surface area (Å²) < 4.78 is 43.4. The molecule has 5 aromatic rings. The summed E-state index contributed by atoms with van der Waals surface area (Å²) in [5.74, 6) is -0.403. The first-order chi connectivity index (χ1) is 17.2. The summed E-state index contributed by atoms with van der Waals surface area (Å²) in [4.78, 5) is 4.03. The maximum atomic E-state index is 14.1. The van der Waals surface area contributed by atoms with Gasteiger partial charge in [-0.15, -0.1) is 0 Å². The van der Waals surface area contributed by atoms with Crippen molar-refractivity contribution in [1.82, 2.24) is 14.8 Å². The Morgan fingerprint density at radius 2 is 1.33 bits per heavy atom. The standard InChI is InChI=1S/C27H17ClF3N3O2/c28-19-14-22(27(29,30)31)26(32-15-19)34-25(18-8-12-21(36)13-9-18)23(16-4-2-1-3-5-16)24(33-34)17-6-10-20(35)11-7-17/h1-15,35-36H. The molecule has 0 unspecified atom stereocenters. The Morgan fingerprint density at radius 1 is 0.750 bits per heavy atom. The monoisotopic (exact) mass is 507 g/mol. The molecule has 36 heavy (non-hydrogen) atoms. The van der Waals surface area contributed by atoms with Crippen LogP contribution in [-0.4, -0.2) is 25.0 Å². The Labute approximate surface area is 208 Å².